The summed E-state index contributed by atoms with van der Waals surface area (Å²) < 4.78 is 4.65. The number of nitrogens with zero attached hydrogens (tertiary/aromatic N) is 1. The molecule has 1 aromatic carbocycles. The second-order valence-electron chi connectivity index (χ2n) is 4.75. The zero-order chi connectivity index (χ0) is 15.4. The number of carbonyl (C=O) groups is 2. The maximum Gasteiger partial charge on any atom is 0.337 e. The highest BCUT2D eigenvalue weighted by Gasteiger charge is 2.11. The SMILES string of the molecule is COC(=O)c1ccc(-c2csc(NC(=O)C(C)C)n2)cc1. The van der Waals surface area contributed by atoms with Crippen LogP contribution in [0.4, 0.5) is 5.13 Å². The van der Waals surface area contributed by atoms with E-state index < -0.39 is 0 Å². The summed E-state index contributed by atoms with van der Waals surface area (Å²) in [5, 5.41) is 5.20. The molecular formula is C15H16N2O3S. The van der Waals surface area contributed by atoms with Gasteiger partial charge in [-0.15, -0.1) is 11.3 Å². The first-order valence-corrected chi connectivity index (χ1v) is 7.34. The highest BCUT2D eigenvalue weighted by molar-refractivity contribution is 7.14. The van der Waals surface area contributed by atoms with Gasteiger partial charge in [-0.05, 0) is 12.1 Å². The Hall–Kier alpha value is -2.21. The minimum atomic E-state index is -0.371. The van der Waals surface area contributed by atoms with Gasteiger partial charge in [-0.1, -0.05) is 26.0 Å². The van der Waals surface area contributed by atoms with Crippen molar-refractivity contribution < 1.29 is 14.3 Å². The quantitative estimate of drug-likeness (QED) is 0.881. The highest BCUT2D eigenvalue weighted by Crippen LogP contribution is 2.25. The van der Waals surface area contributed by atoms with Gasteiger partial charge in [-0.2, -0.15) is 0 Å². The number of carbonyl (C=O) groups excluding carboxylic acids is 2. The summed E-state index contributed by atoms with van der Waals surface area (Å²) in [6, 6.07) is 6.98. The van der Waals surface area contributed by atoms with Crippen LogP contribution in [0.15, 0.2) is 29.6 Å². The zero-order valence-electron chi connectivity index (χ0n) is 12.0. The maximum atomic E-state index is 11.6. The Morgan fingerprint density at radius 3 is 2.48 bits per heavy atom. The van der Waals surface area contributed by atoms with Crippen LogP contribution in [0, 0.1) is 5.92 Å². The van der Waals surface area contributed by atoms with E-state index >= 15 is 0 Å². The summed E-state index contributed by atoms with van der Waals surface area (Å²) in [7, 11) is 1.35. The molecule has 0 spiro atoms. The molecule has 2 rings (SSSR count). The molecule has 0 aliphatic heterocycles. The predicted octanol–water partition coefficient (Wildman–Crippen LogP) is 3.19. The van der Waals surface area contributed by atoms with Gasteiger partial charge in [0.25, 0.3) is 0 Å². The second-order valence-corrected chi connectivity index (χ2v) is 5.61. The number of ether oxygens (including phenoxy) is 1. The summed E-state index contributed by atoms with van der Waals surface area (Å²) in [6.07, 6.45) is 0. The Balaban J connectivity index is 2.14. The van der Waals surface area contributed by atoms with Gasteiger partial charge >= 0.3 is 5.97 Å². The molecule has 5 nitrogen and oxygen atoms in total. The van der Waals surface area contributed by atoms with Crippen LogP contribution in [0.1, 0.15) is 24.2 Å². The van der Waals surface area contributed by atoms with Gasteiger partial charge in [0, 0.05) is 16.9 Å². The van der Waals surface area contributed by atoms with Crippen molar-refractivity contribution >= 4 is 28.3 Å². The molecule has 0 saturated carbocycles. The Kier molecular flexibility index (Phi) is 4.70. The third-order valence-corrected chi connectivity index (χ3v) is 3.62. The van der Waals surface area contributed by atoms with Crippen LogP contribution in [0.3, 0.4) is 0 Å². The molecular weight excluding hydrogens is 288 g/mol. The van der Waals surface area contributed by atoms with Crippen molar-refractivity contribution in [2.45, 2.75) is 13.8 Å². The van der Waals surface area contributed by atoms with Gasteiger partial charge in [-0.25, -0.2) is 9.78 Å². The fourth-order valence-electron chi connectivity index (χ4n) is 1.61. The number of thiazole rings is 1. The van der Waals surface area contributed by atoms with Crippen molar-refractivity contribution in [1.29, 1.82) is 0 Å². The van der Waals surface area contributed by atoms with Crippen molar-refractivity contribution in [2.24, 2.45) is 5.92 Å². The van der Waals surface area contributed by atoms with E-state index in [1.807, 2.05) is 19.2 Å². The van der Waals surface area contributed by atoms with Crippen LogP contribution in [0.5, 0.6) is 0 Å². The zero-order valence-corrected chi connectivity index (χ0v) is 12.9. The van der Waals surface area contributed by atoms with Crippen LogP contribution in [0.2, 0.25) is 0 Å². The summed E-state index contributed by atoms with van der Waals surface area (Å²) >= 11 is 1.37. The smallest absolute Gasteiger partial charge is 0.337 e. The van der Waals surface area contributed by atoms with E-state index in [0.29, 0.717) is 10.7 Å². The Bertz CT molecular complexity index is 647. The molecule has 0 aliphatic carbocycles. The van der Waals surface area contributed by atoms with Crippen molar-refractivity contribution in [3.8, 4) is 11.3 Å². The lowest BCUT2D eigenvalue weighted by Crippen LogP contribution is -2.17. The molecule has 1 N–H and O–H groups in total. The topological polar surface area (TPSA) is 68.3 Å². The molecule has 0 bridgehead atoms. The number of benzene rings is 1. The average molecular weight is 304 g/mol. The number of hydrogen-bond acceptors (Lipinski definition) is 5. The van der Waals surface area contributed by atoms with Crippen LogP contribution in [-0.4, -0.2) is 24.0 Å². The molecule has 0 unspecified atom stereocenters. The third kappa shape index (κ3) is 3.66. The Morgan fingerprint density at radius 2 is 1.90 bits per heavy atom. The van der Waals surface area contributed by atoms with Crippen molar-refractivity contribution in [2.75, 3.05) is 12.4 Å². The lowest BCUT2D eigenvalue weighted by molar-refractivity contribution is -0.118. The normalized spacial score (nSPS) is 10.5. The molecule has 0 aliphatic rings. The molecule has 0 atom stereocenters. The van der Waals surface area contributed by atoms with E-state index in [-0.39, 0.29) is 17.8 Å². The van der Waals surface area contributed by atoms with E-state index in [1.165, 1.54) is 18.4 Å². The van der Waals surface area contributed by atoms with Gasteiger partial charge < -0.3 is 10.1 Å². The average Bonchev–Trinajstić information content (AvgIpc) is 2.95. The standard InChI is InChI=1S/C15H16N2O3S/c1-9(2)13(18)17-15-16-12(8-21-15)10-4-6-11(7-5-10)14(19)20-3/h4-9H,1-3H3,(H,16,17,18). The summed E-state index contributed by atoms with van der Waals surface area (Å²) in [6.45, 7) is 3.66. The molecule has 110 valence electrons. The van der Waals surface area contributed by atoms with Gasteiger partial charge in [0.2, 0.25) is 5.91 Å². The lowest BCUT2D eigenvalue weighted by Gasteiger charge is -2.03. The first kappa shape index (κ1) is 15.2. The monoisotopic (exact) mass is 304 g/mol. The van der Waals surface area contributed by atoms with Gasteiger partial charge in [0.05, 0.1) is 18.4 Å². The van der Waals surface area contributed by atoms with Gasteiger partial charge in [-0.3, -0.25) is 4.79 Å². The number of rotatable bonds is 4. The molecule has 0 saturated heterocycles. The van der Waals surface area contributed by atoms with Crippen LogP contribution >= 0.6 is 11.3 Å². The molecule has 0 radical (unpaired) electrons. The predicted molar refractivity (Wildman–Crippen MR) is 82.4 cm³/mol. The third-order valence-electron chi connectivity index (χ3n) is 2.86. The number of aromatic nitrogens is 1. The van der Waals surface area contributed by atoms with E-state index in [4.69, 9.17) is 0 Å². The van der Waals surface area contributed by atoms with Gasteiger partial charge in [0.1, 0.15) is 0 Å². The molecule has 6 heteroatoms. The maximum absolute atomic E-state index is 11.6. The summed E-state index contributed by atoms with van der Waals surface area (Å²) in [4.78, 5) is 27.3. The number of anilines is 1. The molecule has 1 heterocycles. The Labute approximate surface area is 127 Å². The number of esters is 1. The molecule has 1 aromatic heterocycles. The van der Waals surface area contributed by atoms with E-state index in [2.05, 4.69) is 15.0 Å². The molecule has 21 heavy (non-hydrogen) atoms. The first-order valence-electron chi connectivity index (χ1n) is 6.46. The molecule has 2 aromatic rings. The first-order chi connectivity index (χ1) is 10.0. The largest absolute Gasteiger partial charge is 0.465 e. The van der Waals surface area contributed by atoms with E-state index in [0.717, 1.165) is 11.3 Å². The minimum absolute atomic E-state index is 0.0584. The van der Waals surface area contributed by atoms with E-state index in [9.17, 15) is 9.59 Å². The number of amides is 1. The Morgan fingerprint density at radius 1 is 1.24 bits per heavy atom. The van der Waals surface area contributed by atoms with Crippen LogP contribution in [-0.2, 0) is 9.53 Å². The highest BCUT2D eigenvalue weighted by atomic mass is 32.1. The van der Waals surface area contributed by atoms with E-state index in [1.54, 1.807) is 24.3 Å². The fourth-order valence-corrected chi connectivity index (χ4v) is 2.33. The molecule has 0 fully saturated rings. The number of nitrogens with one attached hydrogen (secondary N) is 1. The minimum Gasteiger partial charge on any atom is -0.465 e. The lowest BCUT2D eigenvalue weighted by atomic mass is 10.1. The van der Waals surface area contributed by atoms with Crippen molar-refractivity contribution in [3.63, 3.8) is 0 Å². The van der Waals surface area contributed by atoms with Crippen molar-refractivity contribution in [3.05, 3.63) is 35.2 Å². The number of methoxy groups -OCH3 is 1. The summed E-state index contributed by atoms with van der Waals surface area (Å²) in [5.74, 6) is -0.515. The van der Waals surface area contributed by atoms with Crippen LogP contribution < -0.4 is 5.32 Å². The summed E-state index contributed by atoms with van der Waals surface area (Å²) in [5.41, 5.74) is 2.13. The van der Waals surface area contributed by atoms with Gasteiger partial charge in [0.15, 0.2) is 5.13 Å². The second kappa shape index (κ2) is 6.49. The fraction of sp³-hybridized carbons (Fsp3) is 0.267. The molecule has 1 amide bonds. The van der Waals surface area contributed by atoms with Crippen LogP contribution in [0.25, 0.3) is 11.3 Å². The van der Waals surface area contributed by atoms with Crippen molar-refractivity contribution in [1.82, 2.24) is 4.98 Å². The number of hydrogen-bond donors (Lipinski definition) is 1.